The molecule has 1 rings (SSSR count). The molecule has 0 bridgehead atoms. The smallest absolute Gasteiger partial charge is 0.310 e. The summed E-state index contributed by atoms with van der Waals surface area (Å²) >= 11 is 0. The fourth-order valence-electron chi connectivity index (χ4n) is 2.81. The zero-order valence-electron chi connectivity index (χ0n) is 11.2. The number of aliphatic carboxylic acids is 1. The van der Waals surface area contributed by atoms with Crippen LogP contribution in [0.2, 0.25) is 0 Å². The minimum Gasteiger partial charge on any atom is -0.481 e. The van der Waals surface area contributed by atoms with Crippen molar-refractivity contribution in [2.75, 3.05) is 26.8 Å². The minimum atomic E-state index is -0.627. The molecule has 1 fully saturated rings. The lowest BCUT2D eigenvalue weighted by Crippen LogP contribution is -2.46. The van der Waals surface area contributed by atoms with Crippen molar-refractivity contribution in [2.45, 2.75) is 45.6 Å². The van der Waals surface area contributed by atoms with Gasteiger partial charge in [0, 0.05) is 19.7 Å². The van der Waals surface area contributed by atoms with Crippen molar-refractivity contribution < 1.29 is 14.6 Å². The van der Waals surface area contributed by atoms with E-state index in [0.717, 1.165) is 32.2 Å². The fraction of sp³-hybridized carbons (Fsp3) is 0.923. The zero-order chi connectivity index (χ0) is 12.9. The number of hydrogen-bond donors (Lipinski definition) is 1. The first-order valence-electron chi connectivity index (χ1n) is 6.52. The van der Waals surface area contributed by atoms with E-state index in [2.05, 4.69) is 18.7 Å². The highest BCUT2D eigenvalue weighted by Crippen LogP contribution is 2.39. The molecule has 0 heterocycles. The summed E-state index contributed by atoms with van der Waals surface area (Å²) in [4.78, 5) is 13.7. The molecule has 17 heavy (non-hydrogen) atoms. The number of ether oxygens (including phenoxy) is 1. The van der Waals surface area contributed by atoms with Crippen molar-refractivity contribution in [1.82, 2.24) is 4.90 Å². The van der Waals surface area contributed by atoms with Gasteiger partial charge >= 0.3 is 5.97 Å². The van der Waals surface area contributed by atoms with Crippen LogP contribution in [0.3, 0.4) is 0 Å². The van der Waals surface area contributed by atoms with Gasteiger partial charge in [0.25, 0.3) is 0 Å². The number of hydrogen-bond acceptors (Lipinski definition) is 3. The second kappa shape index (κ2) is 6.36. The summed E-state index contributed by atoms with van der Waals surface area (Å²) in [6.45, 7) is 6.36. The Balaban J connectivity index is 2.67. The van der Waals surface area contributed by atoms with E-state index in [1.54, 1.807) is 7.11 Å². The van der Waals surface area contributed by atoms with Crippen LogP contribution in [0.4, 0.5) is 0 Å². The van der Waals surface area contributed by atoms with Gasteiger partial charge in [-0.3, -0.25) is 9.69 Å². The van der Waals surface area contributed by atoms with Gasteiger partial charge in [0.15, 0.2) is 0 Å². The Bertz CT molecular complexity index is 249. The van der Waals surface area contributed by atoms with Crippen molar-refractivity contribution in [3.63, 3.8) is 0 Å². The van der Waals surface area contributed by atoms with Crippen molar-refractivity contribution in [3.05, 3.63) is 0 Å². The SMILES string of the molecule is CCN(CC1(C(=O)O)CCCC1)C(C)COC. The highest BCUT2D eigenvalue weighted by atomic mass is 16.5. The van der Waals surface area contributed by atoms with Crippen LogP contribution in [-0.4, -0.2) is 48.8 Å². The molecule has 1 N–H and O–H groups in total. The third-order valence-corrected chi connectivity index (χ3v) is 3.96. The van der Waals surface area contributed by atoms with Crippen LogP contribution in [0.25, 0.3) is 0 Å². The molecule has 1 saturated carbocycles. The van der Waals surface area contributed by atoms with Gasteiger partial charge in [-0.2, -0.15) is 0 Å². The van der Waals surface area contributed by atoms with E-state index in [4.69, 9.17) is 4.74 Å². The summed E-state index contributed by atoms with van der Waals surface area (Å²) in [5, 5.41) is 9.46. The molecule has 1 atom stereocenters. The largest absolute Gasteiger partial charge is 0.481 e. The first-order chi connectivity index (χ1) is 8.05. The summed E-state index contributed by atoms with van der Waals surface area (Å²) in [6.07, 6.45) is 3.72. The number of carboxylic acids is 1. The third kappa shape index (κ3) is 3.42. The van der Waals surface area contributed by atoms with Crippen LogP contribution in [0, 0.1) is 5.41 Å². The van der Waals surface area contributed by atoms with Crippen molar-refractivity contribution in [2.24, 2.45) is 5.41 Å². The van der Waals surface area contributed by atoms with Crippen molar-refractivity contribution >= 4 is 5.97 Å². The Morgan fingerprint density at radius 1 is 1.47 bits per heavy atom. The second-order valence-electron chi connectivity index (χ2n) is 5.16. The minimum absolute atomic E-state index is 0.279. The first-order valence-corrected chi connectivity index (χ1v) is 6.52. The molecule has 4 nitrogen and oxygen atoms in total. The summed E-state index contributed by atoms with van der Waals surface area (Å²) in [5.41, 5.74) is -0.516. The molecule has 0 saturated heterocycles. The maximum absolute atomic E-state index is 11.5. The van der Waals surface area contributed by atoms with Gasteiger partial charge < -0.3 is 9.84 Å². The van der Waals surface area contributed by atoms with Crippen LogP contribution < -0.4 is 0 Å². The van der Waals surface area contributed by atoms with E-state index in [0.29, 0.717) is 13.2 Å². The van der Waals surface area contributed by atoms with E-state index in [1.165, 1.54) is 0 Å². The van der Waals surface area contributed by atoms with Crippen molar-refractivity contribution in [3.8, 4) is 0 Å². The Kier molecular flexibility index (Phi) is 5.40. The fourth-order valence-corrected chi connectivity index (χ4v) is 2.81. The van der Waals surface area contributed by atoms with E-state index >= 15 is 0 Å². The van der Waals surface area contributed by atoms with Gasteiger partial charge in [0.2, 0.25) is 0 Å². The molecule has 0 aromatic heterocycles. The summed E-state index contributed by atoms with van der Waals surface area (Å²) in [6, 6.07) is 0.279. The topological polar surface area (TPSA) is 49.8 Å². The molecule has 0 radical (unpaired) electrons. The number of carbonyl (C=O) groups is 1. The second-order valence-corrected chi connectivity index (χ2v) is 5.16. The number of likely N-dealkylation sites (N-methyl/N-ethyl adjacent to an activating group) is 1. The van der Waals surface area contributed by atoms with Gasteiger partial charge in [0.05, 0.1) is 12.0 Å². The molecule has 0 aliphatic heterocycles. The van der Waals surface area contributed by atoms with E-state index < -0.39 is 11.4 Å². The molecule has 1 aliphatic rings. The molecule has 1 unspecified atom stereocenters. The molecular weight excluding hydrogens is 218 g/mol. The van der Waals surface area contributed by atoms with Gasteiger partial charge in [-0.05, 0) is 26.3 Å². The Labute approximate surface area is 104 Å². The van der Waals surface area contributed by atoms with Crippen LogP contribution in [-0.2, 0) is 9.53 Å². The Morgan fingerprint density at radius 3 is 2.47 bits per heavy atom. The Hall–Kier alpha value is -0.610. The van der Waals surface area contributed by atoms with E-state index in [-0.39, 0.29) is 6.04 Å². The summed E-state index contributed by atoms with van der Waals surface area (Å²) in [5.74, 6) is -0.627. The first kappa shape index (κ1) is 14.5. The molecule has 0 spiro atoms. The molecular formula is C13H25NO3. The normalized spacial score (nSPS) is 20.7. The number of nitrogens with zero attached hydrogens (tertiary/aromatic N) is 1. The zero-order valence-corrected chi connectivity index (χ0v) is 11.2. The lowest BCUT2D eigenvalue weighted by atomic mass is 9.85. The molecule has 100 valence electrons. The van der Waals surface area contributed by atoms with Gasteiger partial charge in [-0.1, -0.05) is 19.8 Å². The molecule has 0 aromatic rings. The molecule has 0 aromatic carbocycles. The summed E-state index contributed by atoms with van der Waals surface area (Å²) in [7, 11) is 1.69. The maximum atomic E-state index is 11.5. The highest BCUT2D eigenvalue weighted by molar-refractivity contribution is 5.75. The quantitative estimate of drug-likeness (QED) is 0.743. The highest BCUT2D eigenvalue weighted by Gasteiger charge is 2.42. The van der Waals surface area contributed by atoms with Crippen LogP contribution in [0.15, 0.2) is 0 Å². The van der Waals surface area contributed by atoms with E-state index in [1.807, 2.05) is 0 Å². The third-order valence-electron chi connectivity index (χ3n) is 3.96. The van der Waals surface area contributed by atoms with E-state index in [9.17, 15) is 9.90 Å². The van der Waals surface area contributed by atoms with Gasteiger partial charge in [0.1, 0.15) is 0 Å². The molecule has 1 aliphatic carbocycles. The van der Waals surface area contributed by atoms with Crippen LogP contribution in [0.1, 0.15) is 39.5 Å². The summed E-state index contributed by atoms with van der Waals surface area (Å²) < 4.78 is 5.16. The predicted molar refractivity (Wildman–Crippen MR) is 67.1 cm³/mol. The average molecular weight is 243 g/mol. The maximum Gasteiger partial charge on any atom is 0.310 e. The average Bonchev–Trinajstić information content (AvgIpc) is 2.76. The van der Waals surface area contributed by atoms with Crippen molar-refractivity contribution in [1.29, 1.82) is 0 Å². The number of rotatable bonds is 7. The van der Waals surface area contributed by atoms with Gasteiger partial charge in [-0.15, -0.1) is 0 Å². The number of methoxy groups -OCH3 is 1. The van der Waals surface area contributed by atoms with Gasteiger partial charge in [-0.25, -0.2) is 0 Å². The lowest BCUT2D eigenvalue weighted by Gasteiger charge is -2.35. The van der Waals surface area contributed by atoms with Crippen LogP contribution in [0.5, 0.6) is 0 Å². The lowest BCUT2D eigenvalue weighted by molar-refractivity contribution is -0.150. The molecule has 4 heteroatoms. The standard InChI is InChI=1S/C13H25NO3/c1-4-14(11(2)9-17-3)10-13(12(15)16)7-5-6-8-13/h11H,4-10H2,1-3H3,(H,15,16). The molecule has 0 amide bonds. The number of carboxylic acid groups (broad SMARTS) is 1. The Morgan fingerprint density at radius 2 is 2.06 bits per heavy atom. The predicted octanol–water partition coefficient (Wildman–Crippen LogP) is 1.99. The monoisotopic (exact) mass is 243 g/mol. The van der Waals surface area contributed by atoms with Crippen LogP contribution >= 0.6 is 0 Å².